The third-order valence-electron chi connectivity index (χ3n) is 5.54. The fraction of sp³-hybridized carbons (Fsp3) is 0.304. The van der Waals surface area contributed by atoms with Crippen molar-refractivity contribution in [3.8, 4) is 0 Å². The molecule has 2 atom stereocenters. The Labute approximate surface area is 205 Å². The summed E-state index contributed by atoms with van der Waals surface area (Å²) < 4.78 is 78.5. The van der Waals surface area contributed by atoms with Crippen molar-refractivity contribution in [2.75, 3.05) is 13.6 Å². The molecule has 1 fully saturated rings. The number of amides is 1. The number of nitrogens with zero attached hydrogens (tertiary/aromatic N) is 4. The molecule has 1 aliphatic heterocycles. The van der Waals surface area contributed by atoms with Gasteiger partial charge in [0.1, 0.15) is 17.6 Å². The molecule has 1 aliphatic rings. The molecule has 2 aromatic rings. The zero-order valence-corrected chi connectivity index (χ0v) is 20.1. The van der Waals surface area contributed by atoms with Crippen LogP contribution in [0.4, 0.5) is 17.6 Å². The summed E-state index contributed by atoms with van der Waals surface area (Å²) in [5.41, 5.74) is -0.257. The summed E-state index contributed by atoms with van der Waals surface area (Å²) in [7, 11) is -2.60. The minimum Gasteiger partial charge on any atom is -0.349 e. The number of carbonyl (C=O) groups is 1. The zero-order chi connectivity index (χ0) is 26.7. The van der Waals surface area contributed by atoms with Gasteiger partial charge in [-0.2, -0.15) is 17.5 Å². The predicted octanol–water partition coefficient (Wildman–Crippen LogP) is 3.21. The Morgan fingerprint density at radius 2 is 1.92 bits per heavy atom. The van der Waals surface area contributed by atoms with Gasteiger partial charge in [0, 0.05) is 24.8 Å². The largest absolute Gasteiger partial charge is 0.433 e. The van der Waals surface area contributed by atoms with Gasteiger partial charge in [-0.3, -0.25) is 19.8 Å². The van der Waals surface area contributed by atoms with E-state index >= 15 is 0 Å². The normalized spacial score (nSPS) is 19.5. The first-order valence-corrected chi connectivity index (χ1v) is 12.1. The highest BCUT2D eigenvalue weighted by Gasteiger charge is 2.48. The topological polar surface area (TPSA) is 104 Å². The van der Waals surface area contributed by atoms with Crippen molar-refractivity contribution in [1.29, 1.82) is 0 Å². The Bertz CT molecular complexity index is 1290. The van der Waals surface area contributed by atoms with E-state index in [1.807, 2.05) is 0 Å². The predicted molar refractivity (Wildman–Crippen MR) is 126 cm³/mol. The molecule has 1 saturated heterocycles. The van der Waals surface area contributed by atoms with Gasteiger partial charge in [-0.05, 0) is 62.5 Å². The van der Waals surface area contributed by atoms with Crippen LogP contribution in [0.2, 0.25) is 0 Å². The van der Waals surface area contributed by atoms with Gasteiger partial charge in [0.05, 0.1) is 22.8 Å². The zero-order valence-electron chi connectivity index (χ0n) is 19.3. The first kappa shape index (κ1) is 27.1. The van der Waals surface area contributed by atoms with Crippen molar-refractivity contribution < 1.29 is 30.8 Å². The van der Waals surface area contributed by atoms with Gasteiger partial charge in [-0.15, -0.1) is 0 Å². The van der Waals surface area contributed by atoms with E-state index in [-0.39, 0.29) is 29.3 Å². The van der Waals surface area contributed by atoms with E-state index in [0.717, 1.165) is 40.8 Å². The summed E-state index contributed by atoms with van der Waals surface area (Å²) in [6, 6.07) is 4.95. The maximum Gasteiger partial charge on any atom is 0.433 e. The molecule has 2 heterocycles. The smallest absolute Gasteiger partial charge is 0.349 e. The van der Waals surface area contributed by atoms with E-state index in [1.165, 1.54) is 19.2 Å². The van der Waals surface area contributed by atoms with E-state index in [4.69, 9.17) is 0 Å². The molecular weight excluding hydrogens is 502 g/mol. The lowest BCUT2D eigenvalue weighted by Crippen LogP contribution is -2.62. The van der Waals surface area contributed by atoms with Crippen molar-refractivity contribution in [1.82, 2.24) is 14.6 Å². The van der Waals surface area contributed by atoms with Crippen molar-refractivity contribution in [3.63, 3.8) is 0 Å². The molecule has 13 heteroatoms. The Hall–Kier alpha value is -3.45. The molecule has 36 heavy (non-hydrogen) atoms. The quantitative estimate of drug-likeness (QED) is 0.422. The third kappa shape index (κ3) is 5.85. The van der Waals surface area contributed by atoms with Crippen LogP contribution in [-0.2, 0) is 21.0 Å². The molecule has 8 nitrogen and oxygen atoms in total. The molecule has 0 unspecified atom stereocenters. The maximum atomic E-state index is 13.2. The third-order valence-corrected chi connectivity index (χ3v) is 7.58. The second-order valence-electron chi connectivity index (χ2n) is 7.94. The number of allylic oxidation sites excluding steroid dienone is 1. The van der Waals surface area contributed by atoms with Gasteiger partial charge >= 0.3 is 6.18 Å². The SMILES string of the molecule is C=N/C(=C\C(=N/C)c1ccc(C(F)(F)F)nc1)CNC(=O)[C@@H]1C[C@@H](C)N1S(=O)(=O)c1ccc(F)cc1. The number of benzene rings is 1. The lowest BCUT2D eigenvalue weighted by atomic mass is 9.98. The summed E-state index contributed by atoms with van der Waals surface area (Å²) in [5, 5.41) is 2.60. The van der Waals surface area contributed by atoms with Crippen molar-refractivity contribution in [3.05, 3.63) is 71.4 Å². The van der Waals surface area contributed by atoms with Crippen LogP contribution in [-0.4, -0.2) is 61.7 Å². The van der Waals surface area contributed by atoms with Crippen LogP contribution < -0.4 is 5.32 Å². The summed E-state index contributed by atoms with van der Waals surface area (Å²) in [4.78, 5) is 23.9. The van der Waals surface area contributed by atoms with Crippen molar-refractivity contribution in [2.45, 2.75) is 36.5 Å². The van der Waals surface area contributed by atoms with Crippen LogP contribution in [0.3, 0.4) is 0 Å². The minimum atomic E-state index is -4.58. The van der Waals surface area contributed by atoms with Crippen LogP contribution in [0, 0.1) is 5.82 Å². The summed E-state index contributed by atoms with van der Waals surface area (Å²) in [6.45, 7) is 4.95. The molecule has 0 spiro atoms. The highest BCUT2D eigenvalue weighted by molar-refractivity contribution is 7.89. The average molecular weight is 526 g/mol. The number of carbonyl (C=O) groups excluding carboxylic acids is 1. The second kappa shape index (κ2) is 10.7. The number of halogens is 4. The van der Waals surface area contributed by atoms with Crippen molar-refractivity contribution >= 4 is 28.4 Å². The van der Waals surface area contributed by atoms with Crippen LogP contribution in [0.1, 0.15) is 24.6 Å². The second-order valence-corrected chi connectivity index (χ2v) is 9.78. The Morgan fingerprint density at radius 1 is 1.25 bits per heavy atom. The highest BCUT2D eigenvalue weighted by atomic mass is 32.2. The first-order chi connectivity index (χ1) is 16.9. The number of pyridine rings is 1. The lowest BCUT2D eigenvalue weighted by Gasteiger charge is -2.44. The number of aliphatic imine (C=N–C) groups is 2. The van der Waals surface area contributed by atoms with Crippen LogP contribution >= 0.6 is 0 Å². The van der Waals surface area contributed by atoms with Gasteiger partial charge in [-0.25, -0.2) is 12.8 Å². The molecule has 0 saturated carbocycles. The van der Waals surface area contributed by atoms with Crippen LogP contribution in [0.25, 0.3) is 0 Å². The minimum absolute atomic E-state index is 0.129. The Balaban J connectivity index is 1.71. The van der Waals surface area contributed by atoms with E-state index in [1.54, 1.807) is 6.92 Å². The number of aromatic nitrogens is 1. The highest BCUT2D eigenvalue weighted by Crippen LogP contribution is 2.33. The molecule has 1 amide bonds. The monoisotopic (exact) mass is 525 g/mol. The van der Waals surface area contributed by atoms with Gasteiger partial charge in [0.2, 0.25) is 15.9 Å². The molecule has 1 aromatic heterocycles. The lowest BCUT2D eigenvalue weighted by molar-refractivity contribution is -0.141. The van der Waals surface area contributed by atoms with Gasteiger partial charge < -0.3 is 5.32 Å². The van der Waals surface area contributed by atoms with E-state index < -0.39 is 45.7 Å². The average Bonchev–Trinajstić information content (AvgIpc) is 2.82. The Morgan fingerprint density at radius 3 is 2.42 bits per heavy atom. The number of sulfonamides is 1. The fourth-order valence-electron chi connectivity index (χ4n) is 3.65. The number of alkyl halides is 3. The van der Waals surface area contributed by atoms with Crippen LogP contribution in [0.15, 0.2) is 69.2 Å². The standard InChI is InChI=1S/C23H23F4N5O3S/c1-14-10-20(32(14)36(34,35)18-7-5-16(24)6-8-18)22(33)31-13-17(28-2)11-19(29-3)15-4-9-21(30-12-15)23(25,26)27/h4-9,11-12,14,20H,2,10,13H2,1,3H3,(H,31,33)/b17-11-,29-19+/t14-,20+/m1/s1. The summed E-state index contributed by atoms with van der Waals surface area (Å²) in [5.74, 6) is -1.15. The van der Waals surface area contributed by atoms with Gasteiger partial charge in [0.15, 0.2) is 0 Å². The van der Waals surface area contributed by atoms with Crippen LogP contribution in [0.5, 0.6) is 0 Å². The molecule has 3 rings (SSSR count). The first-order valence-electron chi connectivity index (χ1n) is 10.6. The number of hydrogen-bond acceptors (Lipinski definition) is 6. The molecule has 192 valence electrons. The molecule has 1 aromatic carbocycles. The molecule has 0 bridgehead atoms. The maximum absolute atomic E-state index is 13.2. The van der Waals surface area contributed by atoms with E-state index in [2.05, 4.69) is 27.0 Å². The number of rotatable bonds is 8. The van der Waals surface area contributed by atoms with E-state index in [0.29, 0.717) is 5.56 Å². The molecular formula is C23H23F4N5O3S. The van der Waals surface area contributed by atoms with Gasteiger partial charge in [-0.1, -0.05) is 0 Å². The Kier molecular flexibility index (Phi) is 8.04. The summed E-state index contributed by atoms with van der Waals surface area (Å²) >= 11 is 0. The number of nitrogens with one attached hydrogen (secondary N) is 1. The molecule has 1 N–H and O–H groups in total. The van der Waals surface area contributed by atoms with Crippen molar-refractivity contribution in [2.24, 2.45) is 9.98 Å². The fourth-order valence-corrected chi connectivity index (χ4v) is 5.45. The molecule has 0 aliphatic carbocycles. The summed E-state index contributed by atoms with van der Waals surface area (Å²) in [6.07, 6.45) is -1.85. The number of hydrogen-bond donors (Lipinski definition) is 1. The van der Waals surface area contributed by atoms with E-state index in [9.17, 15) is 30.8 Å². The molecule has 0 radical (unpaired) electrons. The van der Waals surface area contributed by atoms with Gasteiger partial charge in [0.25, 0.3) is 0 Å².